The van der Waals surface area contributed by atoms with Gasteiger partial charge in [0.2, 0.25) is 5.89 Å². The van der Waals surface area contributed by atoms with Gasteiger partial charge in [-0.05, 0) is 6.92 Å². The molecule has 4 nitrogen and oxygen atoms in total. The van der Waals surface area contributed by atoms with Crippen molar-refractivity contribution in [3.8, 4) is 0 Å². The van der Waals surface area contributed by atoms with Crippen molar-refractivity contribution in [2.24, 2.45) is 5.41 Å². The Hall–Kier alpha value is -1.19. The standard InChI is InChI=1S/C9H14N2O2/c1-6-10-8(13-11-6)5-7(12)9(2,3)4/h5H2,1-4H3. The fourth-order valence-corrected chi connectivity index (χ4v) is 0.814. The maximum absolute atomic E-state index is 11.5. The summed E-state index contributed by atoms with van der Waals surface area (Å²) < 4.78 is 4.85. The van der Waals surface area contributed by atoms with E-state index in [9.17, 15) is 4.79 Å². The van der Waals surface area contributed by atoms with Gasteiger partial charge in [0.05, 0.1) is 6.42 Å². The van der Waals surface area contributed by atoms with Gasteiger partial charge in [-0.15, -0.1) is 0 Å². The average Bonchev–Trinajstić information content (AvgIpc) is 2.33. The number of hydrogen-bond donors (Lipinski definition) is 0. The van der Waals surface area contributed by atoms with E-state index in [2.05, 4.69) is 10.1 Å². The third kappa shape index (κ3) is 2.65. The highest BCUT2D eigenvalue weighted by atomic mass is 16.5. The lowest BCUT2D eigenvalue weighted by Crippen LogP contribution is -2.22. The Morgan fingerprint density at radius 1 is 1.46 bits per heavy atom. The Kier molecular flexibility index (Phi) is 2.50. The number of ketones is 1. The minimum absolute atomic E-state index is 0.108. The molecule has 0 saturated heterocycles. The first-order valence-electron chi connectivity index (χ1n) is 4.22. The van der Waals surface area contributed by atoms with Crippen LogP contribution in [0, 0.1) is 12.3 Å². The van der Waals surface area contributed by atoms with Crippen LogP contribution in [0.5, 0.6) is 0 Å². The molecule has 0 saturated carbocycles. The van der Waals surface area contributed by atoms with E-state index in [0.717, 1.165) is 0 Å². The second-order valence-corrected chi connectivity index (χ2v) is 4.09. The van der Waals surface area contributed by atoms with E-state index in [-0.39, 0.29) is 17.6 Å². The van der Waals surface area contributed by atoms with E-state index in [1.165, 1.54) is 0 Å². The summed E-state index contributed by atoms with van der Waals surface area (Å²) >= 11 is 0. The van der Waals surface area contributed by atoms with Gasteiger partial charge in [-0.25, -0.2) is 0 Å². The number of hydrogen-bond acceptors (Lipinski definition) is 4. The fraction of sp³-hybridized carbons (Fsp3) is 0.667. The van der Waals surface area contributed by atoms with Gasteiger partial charge in [-0.2, -0.15) is 4.98 Å². The Morgan fingerprint density at radius 2 is 2.08 bits per heavy atom. The van der Waals surface area contributed by atoms with Crippen LogP contribution in [0.2, 0.25) is 0 Å². The molecule has 1 aromatic rings. The molecule has 72 valence electrons. The lowest BCUT2D eigenvalue weighted by molar-refractivity contribution is -0.125. The molecule has 0 aliphatic rings. The molecule has 0 aliphatic carbocycles. The summed E-state index contributed by atoms with van der Waals surface area (Å²) in [6.45, 7) is 7.35. The lowest BCUT2D eigenvalue weighted by atomic mass is 9.89. The van der Waals surface area contributed by atoms with Crippen molar-refractivity contribution in [3.63, 3.8) is 0 Å². The zero-order chi connectivity index (χ0) is 10.1. The third-order valence-electron chi connectivity index (χ3n) is 1.72. The van der Waals surface area contributed by atoms with Crippen LogP contribution in [0.4, 0.5) is 0 Å². The van der Waals surface area contributed by atoms with Crippen molar-refractivity contribution in [1.29, 1.82) is 0 Å². The number of aromatic nitrogens is 2. The van der Waals surface area contributed by atoms with Gasteiger partial charge in [0.1, 0.15) is 5.78 Å². The smallest absolute Gasteiger partial charge is 0.234 e. The van der Waals surface area contributed by atoms with Gasteiger partial charge in [-0.1, -0.05) is 25.9 Å². The van der Waals surface area contributed by atoms with Gasteiger partial charge in [0.25, 0.3) is 0 Å². The first kappa shape index (κ1) is 9.89. The van der Waals surface area contributed by atoms with Crippen LogP contribution >= 0.6 is 0 Å². The predicted octanol–water partition coefficient (Wildman–Crippen LogP) is 1.54. The Morgan fingerprint density at radius 3 is 2.46 bits per heavy atom. The quantitative estimate of drug-likeness (QED) is 0.696. The molecule has 0 radical (unpaired) electrons. The number of nitrogens with zero attached hydrogens (tertiary/aromatic N) is 2. The van der Waals surface area contributed by atoms with Crippen molar-refractivity contribution >= 4 is 5.78 Å². The molecule has 13 heavy (non-hydrogen) atoms. The summed E-state index contributed by atoms with van der Waals surface area (Å²) in [6.07, 6.45) is 0.227. The molecular formula is C9H14N2O2. The SMILES string of the molecule is Cc1noc(CC(=O)C(C)(C)C)n1. The fourth-order valence-electron chi connectivity index (χ4n) is 0.814. The molecule has 0 amide bonds. The average molecular weight is 182 g/mol. The van der Waals surface area contributed by atoms with E-state index in [1.54, 1.807) is 6.92 Å². The van der Waals surface area contributed by atoms with Crippen LogP contribution < -0.4 is 0 Å². The molecule has 0 atom stereocenters. The number of carbonyl (C=O) groups excluding carboxylic acids is 1. The molecule has 0 fully saturated rings. The molecule has 1 aromatic heterocycles. The van der Waals surface area contributed by atoms with E-state index in [4.69, 9.17) is 4.52 Å². The van der Waals surface area contributed by atoms with E-state index < -0.39 is 0 Å². The molecule has 0 aliphatic heterocycles. The minimum Gasteiger partial charge on any atom is -0.339 e. The van der Waals surface area contributed by atoms with Crippen molar-refractivity contribution in [2.45, 2.75) is 34.1 Å². The summed E-state index contributed by atoms with van der Waals surface area (Å²) in [7, 11) is 0. The maximum atomic E-state index is 11.5. The van der Waals surface area contributed by atoms with E-state index in [1.807, 2.05) is 20.8 Å². The van der Waals surface area contributed by atoms with Crippen LogP contribution in [0.25, 0.3) is 0 Å². The van der Waals surface area contributed by atoms with Crippen molar-refractivity contribution < 1.29 is 9.32 Å². The zero-order valence-electron chi connectivity index (χ0n) is 8.42. The van der Waals surface area contributed by atoms with E-state index in [0.29, 0.717) is 11.7 Å². The Bertz CT molecular complexity index is 310. The topological polar surface area (TPSA) is 56.0 Å². The van der Waals surface area contributed by atoms with Crippen LogP contribution in [0.3, 0.4) is 0 Å². The molecule has 0 spiro atoms. The molecule has 0 aromatic carbocycles. The Balaban J connectivity index is 2.65. The molecule has 0 bridgehead atoms. The number of carbonyl (C=O) groups is 1. The van der Waals surface area contributed by atoms with Gasteiger partial charge < -0.3 is 4.52 Å². The normalized spacial score (nSPS) is 11.7. The molecule has 1 rings (SSSR count). The van der Waals surface area contributed by atoms with Crippen molar-refractivity contribution in [2.75, 3.05) is 0 Å². The highest BCUT2D eigenvalue weighted by molar-refractivity contribution is 5.84. The van der Waals surface area contributed by atoms with Gasteiger partial charge in [0.15, 0.2) is 5.82 Å². The molecule has 4 heteroatoms. The van der Waals surface area contributed by atoms with Crippen molar-refractivity contribution in [1.82, 2.24) is 10.1 Å². The molecule has 1 heterocycles. The van der Waals surface area contributed by atoms with Crippen LogP contribution in [0.15, 0.2) is 4.52 Å². The molecular weight excluding hydrogens is 168 g/mol. The van der Waals surface area contributed by atoms with E-state index >= 15 is 0 Å². The van der Waals surface area contributed by atoms with Crippen molar-refractivity contribution in [3.05, 3.63) is 11.7 Å². The van der Waals surface area contributed by atoms with Gasteiger partial charge in [-0.3, -0.25) is 4.79 Å². The summed E-state index contributed by atoms with van der Waals surface area (Å²) in [5, 5.41) is 3.61. The lowest BCUT2D eigenvalue weighted by Gasteiger charge is -2.14. The first-order valence-corrected chi connectivity index (χ1v) is 4.22. The highest BCUT2D eigenvalue weighted by Crippen LogP contribution is 2.16. The van der Waals surface area contributed by atoms with Crippen LogP contribution in [-0.4, -0.2) is 15.9 Å². The Labute approximate surface area is 77.3 Å². The first-order chi connectivity index (χ1) is 5.89. The molecule has 0 N–H and O–H groups in total. The number of aryl methyl sites for hydroxylation is 1. The largest absolute Gasteiger partial charge is 0.339 e. The maximum Gasteiger partial charge on any atom is 0.234 e. The van der Waals surface area contributed by atoms with Gasteiger partial charge in [0, 0.05) is 5.41 Å². The predicted molar refractivity (Wildman–Crippen MR) is 47.2 cm³/mol. The molecule has 0 unspecified atom stereocenters. The third-order valence-corrected chi connectivity index (χ3v) is 1.72. The van der Waals surface area contributed by atoms with Crippen LogP contribution in [-0.2, 0) is 11.2 Å². The number of Topliss-reactive ketones (excluding diaryl/α,β-unsaturated/α-hetero) is 1. The second kappa shape index (κ2) is 3.28. The summed E-state index contributed by atoms with van der Waals surface area (Å²) in [5.74, 6) is 1.07. The highest BCUT2D eigenvalue weighted by Gasteiger charge is 2.23. The summed E-state index contributed by atoms with van der Waals surface area (Å²) in [5.41, 5.74) is -0.345. The minimum atomic E-state index is -0.345. The van der Waals surface area contributed by atoms with Crippen LogP contribution in [0.1, 0.15) is 32.5 Å². The summed E-state index contributed by atoms with van der Waals surface area (Å²) in [6, 6.07) is 0. The monoisotopic (exact) mass is 182 g/mol. The summed E-state index contributed by atoms with van der Waals surface area (Å²) in [4.78, 5) is 15.5. The van der Waals surface area contributed by atoms with Gasteiger partial charge >= 0.3 is 0 Å². The zero-order valence-corrected chi connectivity index (χ0v) is 8.42. The number of rotatable bonds is 2. The second-order valence-electron chi connectivity index (χ2n) is 4.09.